The smallest absolute Gasteiger partial charge is 0.234 e. The predicted octanol–water partition coefficient (Wildman–Crippen LogP) is 1.60. The Morgan fingerprint density at radius 1 is 1.17 bits per heavy atom. The minimum absolute atomic E-state index is 0.106. The van der Waals surface area contributed by atoms with Crippen molar-refractivity contribution in [1.82, 2.24) is 20.1 Å². The Labute approximate surface area is 142 Å². The fraction of sp³-hybridized carbons (Fsp3) is 0.444. The topological polar surface area (TPSA) is 61.6 Å². The number of piperazine rings is 1. The van der Waals surface area contributed by atoms with Crippen molar-refractivity contribution in [2.45, 2.75) is 13.5 Å². The zero-order chi connectivity index (χ0) is 16.8. The first-order valence-electron chi connectivity index (χ1n) is 8.46. The Balaban J connectivity index is 1.48. The van der Waals surface area contributed by atoms with Gasteiger partial charge in [0.05, 0.1) is 12.2 Å². The van der Waals surface area contributed by atoms with E-state index in [-0.39, 0.29) is 5.91 Å². The van der Waals surface area contributed by atoms with E-state index in [1.165, 1.54) is 0 Å². The normalized spacial score (nSPS) is 16.2. The lowest BCUT2D eigenvalue weighted by atomic mass is 10.2. The maximum Gasteiger partial charge on any atom is 0.234 e. The molecule has 1 N–H and O–H groups in total. The van der Waals surface area contributed by atoms with Gasteiger partial charge in [0.25, 0.3) is 0 Å². The van der Waals surface area contributed by atoms with Crippen LogP contribution < -0.4 is 5.32 Å². The van der Waals surface area contributed by atoms with Crippen LogP contribution in [0.1, 0.15) is 12.6 Å². The zero-order valence-corrected chi connectivity index (χ0v) is 14.1. The quantitative estimate of drug-likeness (QED) is 0.873. The van der Waals surface area contributed by atoms with Crippen molar-refractivity contribution in [1.29, 1.82) is 0 Å². The lowest BCUT2D eigenvalue weighted by Crippen LogP contribution is -2.49. The lowest BCUT2D eigenvalue weighted by Gasteiger charge is -2.33. The molecular weight excluding hydrogens is 304 g/mol. The molecule has 24 heavy (non-hydrogen) atoms. The highest BCUT2D eigenvalue weighted by Crippen LogP contribution is 2.19. The molecule has 128 valence electrons. The van der Waals surface area contributed by atoms with Gasteiger partial charge in [0, 0.05) is 44.8 Å². The summed E-state index contributed by atoms with van der Waals surface area (Å²) in [6.45, 7) is 7.59. The predicted molar refractivity (Wildman–Crippen MR) is 92.3 cm³/mol. The minimum Gasteiger partial charge on any atom is -0.444 e. The molecule has 0 bridgehead atoms. The first-order chi connectivity index (χ1) is 11.7. The second kappa shape index (κ2) is 8.08. The van der Waals surface area contributed by atoms with Crippen molar-refractivity contribution in [3.05, 3.63) is 42.3 Å². The molecule has 1 aromatic carbocycles. The monoisotopic (exact) mass is 328 g/mol. The first kappa shape index (κ1) is 16.7. The summed E-state index contributed by atoms with van der Waals surface area (Å²) in [6.07, 6.45) is 1.74. The van der Waals surface area contributed by atoms with Gasteiger partial charge in [-0.05, 0) is 19.1 Å². The summed E-state index contributed by atoms with van der Waals surface area (Å²) >= 11 is 0. The van der Waals surface area contributed by atoms with Crippen LogP contribution in [0.15, 0.2) is 41.0 Å². The number of hydrogen-bond donors (Lipinski definition) is 1. The number of rotatable bonds is 6. The maximum absolute atomic E-state index is 11.6. The molecule has 2 aromatic rings. The van der Waals surface area contributed by atoms with Gasteiger partial charge in [-0.2, -0.15) is 0 Å². The van der Waals surface area contributed by atoms with E-state index >= 15 is 0 Å². The molecule has 0 radical (unpaired) electrons. The van der Waals surface area contributed by atoms with Gasteiger partial charge in [0.2, 0.25) is 11.8 Å². The Hall–Kier alpha value is -2.18. The number of likely N-dealkylation sites (N-methyl/N-ethyl adjacent to an activating group) is 1. The number of nitrogens with zero attached hydrogens (tertiary/aromatic N) is 3. The van der Waals surface area contributed by atoms with Crippen molar-refractivity contribution in [2.24, 2.45) is 0 Å². The van der Waals surface area contributed by atoms with Crippen molar-refractivity contribution in [2.75, 3.05) is 39.3 Å². The molecule has 6 nitrogen and oxygen atoms in total. The van der Waals surface area contributed by atoms with Crippen LogP contribution in [-0.4, -0.2) is 60.0 Å². The number of aromatic nitrogens is 1. The highest BCUT2D eigenvalue weighted by atomic mass is 16.3. The fourth-order valence-corrected chi connectivity index (χ4v) is 2.88. The lowest BCUT2D eigenvalue weighted by molar-refractivity contribution is -0.122. The molecule has 0 atom stereocenters. The van der Waals surface area contributed by atoms with Crippen LogP contribution >= 0.6 is 0 Å². The van der Waals surface area contributed by atoms with Crippen LogP contribution in [0.5, 0.6) is 0 Å². The van der Waals surface area contributed by atoms with E-state index in [0.717, 1.165) is 44.0 Å². The zero-order valence-electron chi connectivity index (χ0n) is 14.1. The molecule has 1 aromatic heterocycles. The summed E-state index contributed by atoms with van der Waals surface area (Å²) in [7, 11) is 0. The van der Waals surface area contributed by atoms with Gasteiger partial charge < -0.3 is 9.73 Å². The Bertz CT molecular complexity index is 648. The molecule has 0 aliphatic carbocycles. The SMILES string of the molecule is CCNC(=O)CN1CCN(Cc2coc(-c3ccccc3)n2)CC1. The Morgan fingerprint density at radius 2 is 1.88 bits per heavy atom. The second-order valence-electron chi connectivity index (χ2n) is 6.02. The fourth-order valence-electron chi connectivity index (χ4n) is 2.88. The number of hydrogen-bond acceptors (Lipinski definition) is 5. The summed E-state index contributed by atoms with van der Waals surface area (Å²) < 4.78 is 5.59. The van der Waals surface area contributed by atoms with Gasteiger partial charge in [-0.1, -0.05) is 18.2 Å². The van der Waals surface area contributed by atoms with Crippen molar-refractivity contribution in [3.8, 4) is 11.5 Å². The molecule has 1 fully saturated rings. The van der Waals surface area contributed by atoms with Gasteiger partial charge >= 0.3 is 0 Å². The average molecular weight is 328 g/mol. The first-order valence-corrected chi connectivity index (χ1v) is 8.46. The Morgan fingerprint density at radius 3 is 2.58 bits per heavy atom. The molecule has 1 saturated heterocycles. The summed E-state index contributed by atoms with van der Waals surface area (Å²) in [5.41, 5.74) is 1.95. The van der Waals surface area contributed by atoms with Gasteiger partial charge in [-0.3, -0.25) is 14.6 Å². The van der Waals surface area contributed by atoms with E-state index in [4.69, 9.17) is 4.42 Å². The summed E-state index contributed by atoms with van der Waals surface area (Å²) in [4.78, 5) is 20.8. The number of carbonyl (C=O) groups is 1. The number of carbonyl (C=O) groups excluding carboxylic acids is 1. The molecule has 1 aliphatic rings. The number of benzene rings is 1. The molecule has 2 heterocycles. The molecule has 0 unspecified atom stereocenters. The summed E-state index contributed by atoms with van der Waals surface area (Å²) in [6, 6.07) is 9.93. The van der Waals surface area contributed by atoms with E-state index in [9.17, 15) is 4.79 Å². The molecule has 0 saturated carbocycles. The molecular formula is C18H24N4O2. The van der Waals surface area contributed by atoms with Gasteiger partial charge in [0.1, 0.15) is 6.26 Å². The largest absolute Gasteiger partial charge is 0.444 e. The van der Waals surface area contributed by atoms with Gasteiger partial charge in [-0.25, -0.2) is 4.98 Å². The number of oxazole rings is 1. The van der Waals surface area contributed by atoms with E-state index in [0.29, 0.717) is 19.0 Å². The van der Waals surface area contributed by atoms with Crippen LogP contribution in [0.25, 0.3) is 11.5 Å². The average Bonchev–Trinajstić information content (AvgIpc) is 3.06. The summed E-state index contributed by atoms with van der Waals surface area (Å²) in [5.74, 6) is 0.774. The number of amides is 1. The van der Waals surface area contributed by atoms with Crippen LogP contribution in [0.4, 0.5) is 0 Å². The van der Waals surface area contributed by atoms with E-state index < -0.39 is 0 Å². The van der Waals surface area contributed by atoms with Crippen LogP contribution in [0, 0.1) is 0 Å². The highest BCUT2D eigenvalue weighted by Gasteiger charge is 2.19. The second-order valence-corrected chi connectivity index (χ2v) is 6.02. The number of nitrogens with one attached hydrogen (secondary N) is 1. The molecule has 1 aliphatic heterocycles. The van der Waals surface area contributed by atoms with Crippen LogP contribution in [0.2, 0.25) is 0 Å². The van der Waals surface area contributed by atoms with Gasteiger partial charge in [-0.15, -0.1) is 0 Å². The standard InChI is InChI=1S/C18H24N4O2/c1-2-19-17(23)13-22-10-8-21(9-11-22)12-16-14-24-18(20-16)15-6-4-3-5-7-15/h3-7,14H,2,8-13H2,1H3,(H,19,23). The van der Waals surface area contributed by atoms with Gasteiger partial charge in [0.15, 0.2) is 0 Å². The molecule has 0 spiro atoms. The van der Waals surface area contributed by atoms with Crippen molar-refractivity contribution in [3.63, 3.8) is 0 Å². The third-order valence-corrected chi connectivity index (χ3v) is 4.16. The molecule has 1 amide bonds. The third kappa shape index (κ3) is 4.43. The van der Waals surface area contributed by atoms with E-state index in [1.807, 2.05) is 37.3 Å². The maximum atomic E-state index is 11.6. The van der Waals surface area contributed by atoms with E-state index in [1.54, 1.807) is 6.26 Å². The molecule has 3 rings (SSSR count). The van der Waals surface area contributed by atoms with Crippen molar-refractivity contribution >= 4 is 5.91 Å². The van der Waals surface area contributed by atoms with E-state index in [2.05, 4.69) is 20.1 Å². The summed E-state index contributed by atoms with van der Waals surface area (Å²) in [5, 5.41) is 2.85. The van der Waals surface area contributed by atoms with Crippen LogP contribution in [-0.2, 0) is 11.3 Å². The third-order valence-electron chi connectivity index (χ3n) is 4.16. The minimum atomic E-state index is 0.106. The van der Waals surface area contributed by atoms with Crippen molar-refractivity contribution < 1.29 is 9.21 Å². The van der Waals surface area contributed by atoms with Crippen LogP contribution in [0.3, 0.4) is 0 Å². The highest BCUT2D eigenvalue weighted by molar-refractivity contribution is 5.77. The Kier molecular flexibility index (Phi) is 5.61. The molecule has 6 heteroatoms.